The number of nitrogens with zero attached hydrogens (tertiary/aromatic N) is 1. The first kappa shape index (κ1) is 8.48. The van der Waals surface area contributed by atoms with Gasteiger partial charge in [-0.25, -0.2) is 0 Å². The summed E-state index contributed by atoms with van der Waals surface area (Å²) in [5, 5.41) is 10.8. The maximum Gasteiger partial charge on any atom is 0.0490 e. The number of rotatable bonds is 1. The normalized spacial score (nSPS) is 30.1. The third-order valence-corrected chi connectivity index (χ3v) is 4.06. The molecule has 1 aromatic heterocycles. The standard InChI is InChI=1S/C11H17N3/c1-2-5-11(4-1)8-12-7-9(11)10-3-6-13-14-10/h3,6,9,12H,1-2,4-5,7-8H2,(H,13,14)/t9-/m0/s1. The molecule has 1 aliphatic carbocycles. The van der Waals surface area contributed by atoms with Crippen LogP contribution in [0, 0.1) is 5.41 Å². The van der Waals surface area contributed by atoms with Crippen molar-refractivity contribution in [2.24, 2.45) is 5.41 Å². The average molecular weight is 191 g/mol. The van der Waals surface area contributed by atoms with E-state index >= 15 is 0 Å². The van der Waals surface area contributed by atoms with Crippen molar-refractivity contribution in [2.75, 3.05) is 13.1 Å². The zero-order valence-electron chi connectivity index (χ0n) is 8.42. The molecular weight excluding hydrogens is 174 g/mol. The van der Waals surface area contributed by atoms with Crippen LogP contribution in [0.4, 0.5) is 0 Å². The fourth-order valence-electron chi connectivity index (χ4n) is 3.31. The first-order chi connectivity index (χ1) is 6.91. The van der Waals surface area contributed by atoms with Gasteiger partial charge in [0.15, 0.2) is 0 Å². The van der Waals surface area contributed by atoms with Gasteiger partial charge in [0.25, 0.3) is 0 Å². The van der Waals surface area contributed by atoms with Crippen LogP contribution in [0.25, 0.3) is 0 Å². The topological polar surface area (TPSA) is 40.7 Å². The predicted octanol–water partition coefficient (Wildman–Crippen LogP) is 1.66. The zero-order valence-corrected chi connectivity index (χ0v) is 8.42. The lowest BCUT2D eigenvalue weighted by atomic mass is 9.75. The summed E-state index contributed by atoms with van der Waals surface area (Å²) in [5.74, 6) is 0.674. The molecule has 1 atom stereocenters. The molecule has 0 radical (unpaired) electrons. The number of aromatic amines is 1. The number of hydrogen-bond donors (Lipinski definition) is 2. The Morgan fingerprint density at radius 2 is 2.21 bits per heavy atom. The Labute approximate surface area is 84.3 Å². The maximum atomic E-state index is 4.07. The molecule has 0 unspecified atom stereocenters. The molecule has 3 heteroatoms. The van der Waals surface area contributed by atoms with Crippen molar-refractivity contribution in [1.82, 2.24) is 15.5 Å². The summed E-state index contributed by atoms with van der Waals surface area (Å²) in [6.07, 6.45) is 7.47. The minimum Gasteiger partial charge on any atom is -0.315 e. The predicted molar refractivity (Wildman–Crippen MR) is 55.1 cm³/mol. The molecule has 3 rings (SSSR count). The van der Waals surface area contributed by atoms with E-state index in [4.69, 9.17) is 0 Å². The summed E-state index contributed by atoms with van der Waals surface area (Å²) in [6.45, 7) is 2.33. The molecule has 2 N–H and O–H groups in total. The fourth-order valence-corrected chi connectivity index (χ4v) is 3.31. The van der Waals surface area contributed by atoms with Crippen molar-refractivity contribution in [1.29, 1.82) is 0 Å². The lowest BCUT2D eigenvalue weighted by Crippen LogP contribution is -2.25. The smallest absolute Gasteiger partial charge is 0.0490 e. The Kier molecular flexibility index (Phi) is 1.87. The molecule has 2 heterocycles. The van der Waals surface area contributed by atoms with Gasteiger partial charge in [-0.3, -0.25) is 5.10 Å². The molecule has 1 aromatic rings. The van der Waals surface area contributed by atoms with Gasteiger partial charge in [0.05, 0.1) is 0 Å². The van der Waals surface area contributed by atoms with Crippen LogP contribution in [-0.2, 0) is 0 Å². The first-order valence-corrected chi connectivity index (χ1v) is 5.61. The van der Waals surface area contributed by atoms with E-state index < -0.39 is 0 Å². The van der Waals surface area contributed by atoms with E-state index in [-0.39, 0.29) is 0 Å². The van der Waals surface area contributed by atoms with Gasteiger partial charge in [0, 0.05) is 30.9 Å². The van der Waals surface area contributed by atoms with E-state index in [2.05, 4.69) is 21.6 Å². The zero-order chi connectivity index (χ0) is 9.43. The van der Waals surface area contributed by atoms with Crippen LogP contribution in [-0.4, -0.2) is 23.3 Å². The molecule has 0 amide bonds. The lowest BCUT2D eigenvalue weighted by molar-refractivity contribution is 0.291. The highest BCUT2D eigenvalue weighted by atomic mass is 15.1. The molecule has 1 saturated carbocycles. The lowest BCUT2D eigenvalue weighted by Gasteiger charge is -2.28. The third kappa shape index (κ3) is 1.12. The largest absolute Gasteiger partial charge is 0.315 e. The molecule has 0 aromatic carbocycles. The van der Waals surface area contributed by atoms with Crippen LogP contribution in [0.1, 0.15) is 37.3 Å². The van der Waals surface area contributed by atoms with Crippen molar-refractivity contribution < 1.29 is 0 Å². The molecule has 0 bridgehead atoms. The van der Waals surface area contributed by atoms with Crippen molar-refractivity contribution in [3.05, 3.63) is 18.0 Å². The highest BCUT2D eigenvalue weighted by molar-refractivity contribution is 5.16. The molecule has 3 nitrogen and oxygen atoms in total. The van der Waals surface area contributed by atoms with Gasteiger partial charge in [-0.1, -0.05) is 12.8 Å². The van der Waals surface area contributed by atoms with Crippen molar-refractivity contribution in [2.45, 2.75) is 31.6 Å². The van der Waals surface area contributed by atoms with Gasteiger partial charge in [-0.15, -0.1) is 0 Å². The SMILES string of the molecule is c1cc([C@@H]2CNCC23CCCC3)[nH]n1. The van der Waals surface area contributed by atoms with Crippen molar-refractivity contribution >= 4 is 0 Å². The number of hydrogen-bond acceptors (Lipinski definition) is 2. The van der Waals surface area contributed by atoms with Crippen LogP contribution < -0.4 is 5.32 Å². The third-order valence-electron chi connectivity index (χ3n) is 4.06. The maximum absolute atomic E-state index is 4.07. The molecule has 1 saturated heterocycles. The Hall–Kier alpha value is -0.830. The minimum atomic E-state index is 0.548. The Morgan fingerprint density at radius 1 is 1.36 bits per heavy atom. The van der Waals surface area contributed by atoms with Crippen molar-refractivity contribution in [3.8, 4) is 0 Å². The highest BCUT2D eigenvalue weighted by Gasteiger charge is 2.45. The van der Waals surface area contributed by atoms with Crippen LogP contribution in [0.3, 0.4) is 0 Å². The summed E-state index contributed by atoms with van der Waals surface area (Å²) in [4.78, 5) is 0. The summed E-state index contributed by atoms with van der Waals surface area (Å²) in [6, 6.07) is 2.14. The van der Waals surface area contributed by atoms with Crippen LogP contribution in [0.15, 0.2) is 12.3 Å². The minimum absolute atomic E-state index is 0.548. The Balaban J connectivity index is 1.91. The second-order valence-electron chi connectivity index (χ2n) is 4.76. The van der Waals surface area contributed by atoms with E-state index in [9.17, 15) is 0 Å². The van der Waals surface area contributed by atoms with Gasteiger partial charge in [-0.05, 0) is 24.3 Å². The van der Waals surface area contributed by atoms with Gasteiger partial charge >= 0.3 is 0 Å². The quantitative estimate of drug-likeness (QED) is 0.708. The van der Waals surface area contributed by atoms with Crippen LogP contribution in [0.2, 0.25) is 0 Å². The monoisotopic (exact) mass is 191 g/mol. The van der Waals surface area contributed by atoms with Crippen molar-refractivity contribution in [3.63, 3.8) is 0 Å². The van der Waals surface area contributed by atoms with Gasteiger partial charge in [0.1, 0.15) is 0 Å². The van der Waals surface area contributed by atoms with Gasteiger partial charge < -0.3 is 5.32 Å². The van der Waals surface area contributed by atoms with Gasteiger partial charge in [0.2, 0.25) is 0 Å². The Bertz CT molecular complexity index is 293. The molecule has 76 valence electrons. The second-order valence-corrected chi connectivity index (χ2v) is 4.76. The number of aromatic nitrogens is 2. The van der Waals surface area contributed by atoms with E-state index in [1.807, 2.05) is 6.20 Å². The van der Waals surface area contributed by atoms with Crippen LogP contribution >= 0.6 is 0 Å². The van der Waals surface area contributed by atoms with Crippen LogP contribution in [0.5, 0.6) is 0 Å². The summed E-state index contributed by atoms with van der Waals surface area (Å²) in [5.41, 5.74) is 1.88. The van der Waals surface area contributed by atoms with Gasteiger partial charge in [-0.2, -0.15) is 5.10 Å². The number of nitrogens with one attached hydrogen (secondary N) is 2. The Morgan fingerprint density at radius 3 is 2.93 bits per heavy atom. The summed E-state index contributed by atoms with van der Waals surface area (Å²) < 4.78 is 0. The molecule has 2 fully saturated rings. The molecule has 1 aliphatic heterocycles. The van der Waals surface area contributed by atoms with E-state index in [1.54, 1.807) is 0 Å². The number of H-pyrrole nitrogens is 1. The summed E-state index contributed by atoms with van der Waals surface area (Å²) >= 11 is 0. The molecular formula is C11H17N3. The van der Waals surface area contributed by atoms with E-state index in [1.165, 1.54) is 37.9 Å². The average Bonchev–Trinajstić information content (AvgIpc) is 2.91. The second kappa shape index (κ2) is 3.09. The van der Waals surface area contributed by atoms with E-state index in [0.717, 1.165) is 6.54 Å². The molecule has 1 spiro atoms. The first-order valence-electron chi connectivity index (χ1n) is 5.61. The summed E-state index contributed by atoms with van der Waals surface area (Å²) in [7, 11) is 0. The van der Waals surface area contributed by atoms with E-state index in [0.29, 0.717) is 11.3 Å². The molecule has 14 heavy (non-hydrogen) atoms. The fraction of sp³-hybridized carbons (Fsp3) is 0.727. The highest BCUT2D eigenvalue weighted by Crippen LogP contribution is 2.50. The molecule has 2 aliphatic rings.